The van der Waals surface area contributed by atoms with Crippen LogP contribution in [-0.2, 0) is 11.2 Å². The lowest BCUT2D eigenvalue weighted by Gasteiger charge is -2.07. The normalized spacial score (nSPS) is 14.4. The smallest absolute Gasteiger partial charge is 0.287 e. The van der Waals surface area contributed by atoms with Crippen LogP contribution in [0.5, 0.6) is 0 Å². The van der Waals surface area contributed by atoms with Crippen LogP contribution < -0.4 is 5.32 Å². The molecule has 5 heteroatoms. The van der Waals surface area contributed by atoms with E-state index in [9.17, 15) is 9.59 Å². The number of carbonyl (C=O) groups is 2. The third kappa shape index (κ3) is 3.70. The Morgan fingerprint density at radius 1 is 1.45 bits per heavy atom. The first-order chi connectivity index (χ1) is 9.58. The Kier molecular flexibility index (Phi) is 4.95. The van der Waals surface area contributed by atoms with Crippen LogP contribution in [0.2, 0.25) is 0 Å². The van der Waals surface area contributed by atoms with E-state index in [0.717, 1.165) is 19.3 Å². The van der Waals surface area contributed by atoms with Crippen LogP contribution >= 0.6 is 0 Å². The monoisotopic (exact) mass is 279 g/mol. The van der Waals surface area contributed by atoms with Gasteiger partial charge in [0.05, 0.1) is 11.7 Å². The van der Waals surface area contributed by atoms with Gasteiger partial charge in [-0.15, -0.1) is 0 Å². The molecule has 1 aromatic rings. The van der Waals surface area contributed by atoms with E-state index in [1.165, 1.54) is 0 Å². The lowest BCUT2D eigenvalue weighted by atomic mass is 9.97. The van der Waals surface area contributed by atoms with E-state index in [1.54, 1.807) is 6.07 Å². The first kappa shape index (κ1) is 14.8. The second kappa shape index (κ2) is 6.70. The van der Waals surface area contributed by atoms with Gasteiger partial charge in [0, 0.05) is 32.1 Å². The Balaban J connectivity index is 1.82. The van der Waals surface area contributed by atoms with Crippen molar-refractivity contribution in [2.45, 2.75) is 45.6 Å². The average molecular weight is 279 g/mol. The summed E-state index contributed by atoms with van der Waals surface area (Å²) in [5.41, 5.74) is 0.574. The standard InChI is InChI=1S/C15H21NO4/c1-10(2)19-8-4-7-16-15(18)14-9-11-12(17)5-3-6-13(11)20-14/h9-10H,3-8H2,1-2H3,(H,16,18). The van der Waals surface area contributed by atoms with Crippen LogP contribution in [0.4, 0.5) is 0 Å². The third-order valence-corrected chi connectivity index (χ3v) is 3.20. The highest BCUT2D eigenvalue weighted by Gasteiger charge is 2.24. The lowest BCUT2D eigenvalue weighted by molar-refractivity contribution is 0.0752. The zero-order valence-electron chi connectivity index (χ0n) is 12.0. The van der Waals surface area contributed by atoms with Crippen molar-refractivity contribution >= 4 is 11.7 Å². The SMILES string of the molecule is CC(C)OCCCNC(=O)c1cc2c(o1)CCCC2=O. The Bertz CT molecular complexity index is 490. The van der Waals surface area contributed by atoms with Crippen molar-refractivity contribution < 1.29 is 18.7 Å². The summed E-state index contributed by atoms with van der Waals surface area (Å²) in [7, 11) is 0. The fourth-order valence-electron chi connectivity index (χ4n) is 2.19. The molecule has 0 atom stereocenters. The predicted molar refractivity (Wildman–Crippen MR) is 74.0 cm³/mol. The molecule has 1 aliphatic carbocycles. The first-order valence-corrected chi connectivity index (χ1v) is 7.13. The highest BCUT2D eigenvalue weighted by molar-refractivity contribution is 6.01. The van der Waals surface area contributed by atoms with Gasteiger partial charge in [-0.3, -0.25) is 9.59 Å². The number of fused-ring (bicyclic) bond motifs is 1. The molecule has 20 heavy (non-hydrogen) atoms. The molecule has 0 saturated carbocycles. The number of hydrogen-bond donors (Lipinski definition) is 1. The molecule has 1 aromatic heterocycles. The summed E-state index contributed by atoms with van der Waals surface area (Å²) in [5.74, 6) is 0.681. The minimum atomic E-state index is -0.267. The van der Waals surface area contributed by atoms with Crippen molar-refractivity contribution in [1.29, 1.82) is 0 Å². The number of amides is 1. The number of furan rings is 1. The van der Waals surface area contributed by atoms with E-state index >= 15 is 0 Å². The Morgan fingerprint density at radius 2 is 2.25 bits per heavy atom. The van der Waals surface area contributed by atoms with Crippen molar-refractivity contribution in [2.75, 3.05) is 13.2 Å². The third-order valence-electron chi connectivity index (χ3n) is 3.20. The van der Waals surface area contributed by atoms with Gasteiger partial charge in [-0.1, -0.05) is 0 Å². The van der Waals surface area contributed by atoms with E-state index in [4.69, 9.17) is 9.15 Å². The summed E-state index contributed by atoms with van der Waals surface area (Å²) in [6, 6.07) is 1.57. The fraction of sp³-hybridized carbons (Fsp3) is 0.600. The summed E-state index contributed by atoms with van der Waals surface area (Å²) in [5, 5.41) is 2.77. The molecule has 0 saturated heterocycles. The van der Waals surface area contributed by atoms with Crippen molar-refractivity contribution in [1.82, 2.24) is 5.32 Å². The molecule has 5 nitrogen and oxygen atoms in total. The summed E-state index contributed by atoms with van der Waals surface area (Å²) in [6.07, 6.45) is 3.03. The van der Waals surface area contributed by atoms with Gasteiger partial charge in [0.2, 0.25) is 0 Å². The fourth-order valence-corrected chi connectivity index (χ4v) is 2.19. The van der Waals surface area contributed by atoms with E-state index in [0.29, 0.717) is 30.9 Å². The number of carbonyl (C=O) groups excluding carboxylic acids is 2. The van der Waals surface area contributed by atoms with E-state index in [-0.39, 0.29) is 23.6 Å². The molecule has 0 aromatic carbocycles. The van der Waals surface area contributed by atoms with Gasteiger partial charge >= 0.3 is 0 Å². The average Bonchev–Trinajstić information content (AvgIpc) is 2.83. The summed E-state index contributed by atoms with van der Waals surface area (Å²) in [6.45, 7) is 5.10. The molecule has 0 aliphatic heterocycles. The molecular formula is C15H21NO4. The van der Waals surface area contributed by atoms with E-state index in [1.807, 2.05) is 13.8 Å². The molecule has 1 amide bonds. The molecule has 0 spiro atoms. The van der Waals surface area contributed by atoms with E-state index in [2.05, 4.69) is 5.32 Å². The molecule has 0 bridgehead atoms. The van der Waals surface area contributed by atoms with Gasteiger partial charge < -0.3 is 14.5 Å². The quantitative estimate of drug-likeness (QED) is 0.811. The van der Waals surface area contributed by atoms with Gasteiger partial charge in [0.1, 0.15) is 5.76 Å². The highest BCUT2D eigenvalue weighted by Crippen LogP contribution is 2.24. The van der Waals surface area contributed by atoms with Gasteiger partial charge in [-0.25, -0.2) is 0 Å². The molecule has 0 unspecified atom stereocenters. The topological polar surface area (TPSA) is 68.5 Å². The zero-order chi connectivity index (χ0) is 14.5. The maximum Gasteiger partial charge on any atom is 0.287 e. The molecule has 1 heterocycles. The number of aryl methyl sites for hydroxylation is 1. The Morgan fingerprint density at radius 3 is 2.95 bits per heavy atom. The minimum Gasteiger partial charge on any atom is -0.455 e. The van der Waals surface area contributed by atoms with Gasteiger partial charge in [-0.2, -0.15) is 0 Å². The predicted octanol–water partition coefficient (Wildman–Crippen LogP) is 2.34. The molecule has 2 rings (SSSR count). The van der Waals surface area contributed by atoms with Crippen molar-refractivity contribution in [3.8, 4) is 0 Å². The zero-order valence-corrected chi connectivity index (χ0v) is 12.0. The second-order valence-corrected chi connectivity index (χ2v) is 5.25. The van der Waals surface area contributed by atoms with Crippen LogP contribution in [0.15, 0.2) is 10.5 Å². The largest absolute Gasteiger partial charge is 0.455 e. The summed E-state index contributed by atoms with van der Waals surface area (Å²) >= 11 is 0. The Hall–Kier alpha value is -1.62. The van der Waals surface area contributed by atoms with Crippen LogP contribution in [0.3, 0.4) is 0 Å². The lowest BCUT2D eigenvalue weighted by Crippen LogP contribution is -2.25. The van der Waals surface area contributed by atoms with Crippen molar-refractivity contribution in [3.05, 3.63) is 23.2 Å². The number of rotatable bonds is 6. The van der Waals surface area contributed by atoms with Crippen LogP contribution in [0, 0.1) is 0 Å². The second-order valence-electron chi connectivity index (χ2n) is 5.25. The van der Waals surface area contributed by atoms with Crippen molar-refractivity contribution in [2.24, 2.45) is 0 Å². The summed E-state index contributed by atoms with van der Waals surface area (Å²) in [4.78, 5) is 23.6. The van der Waals surface area contributed by atoms with E-state index < -0.39 is 0 Å². The number of ether oxygens (including phenoxy) is 1. The first-order valence-electron chi connectivity index (χ1n) is 7.13. The maximum absolute atomic E-state index is 11.9. The number of ketones is 1. The molecule has 1 aliphatic rings. The summed E-state index contributed by atoms with van der Waals surface area (Å²) < 4.78 is 10.9. The number of Topliss-reactive ketones (excluding diaryl/α,β-unsaturated/α-hetero) is 1. The molecule has 1 N–H and O–H groups in total. The van der Waals surface area contributed by atoms with Crippen LogP contribution in [0.25, 0.3) is 0 Å². The molecule has 0 radical (unpaired) electrons. The Labute approximate surface area is 118 Å². The number of nitrogens with one attached hydrogen (secondary N) is 1. The maximum atomic E-state index is 11.9. The van der Waals surface area contributed by atoms with Crippen molar-refractivity contribution in [3.63, 3.8) is 0 Å². The highest BCUT2D eigenvalue weighted by atomic mass is 16.5. The van der Waals surface area contributed by atoms with Crippen LogP contribution in [0.1, 0.15) is 59.8 Å². The molecule has 110 valence electrons. The minimum absolute atomic E-state index is 0.0689. The van der Waals surface area contributed by atoms with Gasteiger partial charge in [-0.05, 0) is 26.7 Å². The van der Waals surface area contributed by atoms with Gasteiger partial charge in [0.15, 0.2) is 11.5 Å². The molecule has 0 fully saturated rings. The van der Waals surface area contributed by atoms with Gasteiger partial charge in [0.25, 0.3) is 5.91 Å². The van der Waals surface area contributed by atoms with Crippen LogP contribution in [-0.4, -0.2) is 30.9 Å². The number of hydrogen-bond acceptors (Lipinski definition) is 4. The molecular weight excluding hydrogens is 258 g/mol.